The smallest absolute Gasteiger partial charge is 0.127 e. The predicted octanol–water partition coefficient (Wildman–Crippen LogP) is 2.83. The molecule has 2 heterocycles. The van der Waals surface area contributed by atoms with Crippen molar-refractivity contribution in [2.45, 2.75) is 116 Å². The van der Waals surface area contributed by atoms with Crippen molar-refractivity contribution >= 4 is 0 Å². The zero-order valence-electron chi connectivity index (χ0n) is 20.7. The molecular formula is C26H42O7. The van der Waals surface area contributed by atoms with Crippen LogP contribution in [0.15, 0.2) is 0 Å². The first-order chi connectivity index (χ1) is 15.5. The van der Waals surface area contributed by atoms with Crippen molar-refractivity contribution in [2.24, 2.45) is 5.92 Å². The van der Waals surface area contributed by atoms with E-state index in [4.69, 9.17) is 9.47 Å². The van der Waals surface area contributed by atoms with Crippen LogP contribution in [0.2, 0.25) is 0 Å². The largest absolute Gasteiger partial charge is 0.507 e. The summed E-state index contributed by atoms with van der Waals surface area (Å²) in [6.07, 6.45) is 0.416. The maximum Gasteiger partial charge on any atom is 0.127 e. The average molecular weight is 467 g/mol. The van der Waals surface area contributed by atoms with Crippen LogP contribution in [0, 0.1) is 26.7 Å². The van der Waals surface area contributed by atoms with E-state index in [0.717, 1.165) is 66.5 Å². The van der Waals surface area contributed by atoms with Gasteiger partial charge in [0.05, 0.1) is 12.7 Å². The van der Waals surface area contributed by atoms with Crippen molar-refractivity contribution in [2.75, 3.05) is 6.61 Å². The Labute approximate surface area is 197 Å². The summed E-state index contributed by atoms with van der Waals surface area (Å²) < 4.78 is 12.6. The number of unbranched alkanes of at least 4 members (excludes halogenated alkanes) is 2. The fraction of sp³-hybridized carbons (Fsp3) is 0.769. The molecular weight excluding hydrogens is 424 g/mol. The quantitative estimate of drug-likeness (QED) is 0.374. The zero-order valence-corrected chi connectivity index (χ0v) is 20.7. The van der Waals surface area contributed by atoms with E-state index in [2.05, 4.69) is 13.8 Å². The lowest BCUT2D eigenvalue weighted by Gasteiger charge is -2.46. The molecule has 7 atom stereocenters. The van der Waals surface area contributed by atoms with Gasteiger partial charge < -0.3 is 35.0 Å². The lowest BCUT2D eigenvalue weighted by molar-refractivity contribution is -0.244. The van der Waals surface area contributed by atoms with Gasteiger partial charge in [0.2, 0.25) is 0 Å². The molecule has 0 amide bonds. The maximum atomic E-state index is 10.8. The Morgan fingerprint density at radius 2 is 1.70 bits per heavy atom. The summed E-state index contributed by atoms with van der Waals surface area (Å²) in [5.41, 5.74) is 3.16. The Morgan fingerprint density at radius 3 is 2.33 bits per heavy atom. The van der Waals surface area contributed by atoms with Crippen LogP contribution in [0.3, 0.4) is 0 Å². The summed E-state index contributed by atoms with van der Waals surface area (Å²) in [5, 5.41) is 51.5. The number of rotatable bonds is 8. The van der Waals surface area contributed by atoms with Gasteiger partial charge in [-0.3, -0.25) is 0 Å². The number of phenols is 1. The molecule has 1 aromatic carbocycles. The predicted molar refractivity (Wildman–Crippen MR) is 126 cm³/mol. The number of aromatic hydroxyl groups is 1. The monoisotopic (exact) mass is 466 g/mol. The molecule has 1 fully saturated rings. The third-order valence-corrected chi connectivity index (χ3v) is 7.86. The van der Waals surface area contributed by atoms with Crippen LogP contribution in [-0.4, -0.2) is 68.3 Å². The highest BCUT2D eigenvalue weighted by Gasteiger charge is 2.48. The molecule has 0 aliphatic carbocycles. The molecule has 1 aromatic rings. The number of hydrogen-bond donors (Lipinski definition) is 5. The highest BCUT2D eigenvalue weighted by atomic mass is 16.5. The molecule has 7 heteroatoms. The second-order valence-corrected chi connectivity index (χ2v) is 10.3. The number of phenolic OH excluding ortho intramolecular Hbond substituents is 1. The Kier molecular flexibility index (Phi) is 8.33. The Morgan fingerprint density at radius 1 is 1.00 bits per heavy atom. The molecule has 0 spiro atoms. The average Bonchev–Trinajstić information content (AvgIpc) is 2.79. The van der Waals surface area contributed by atoms with Crippen molar-refractivity contribution in [3.8, 4) is 11.5 Å². The van der Waals surface area contributed by atoms with E-state index < -0.39 is 42.7 Å². The molecule has 0 aromatic heterocycles. The minimum Gasteiger partial charge on any atom is -0.507 e. The normalized spacial score (nSPS) is 32.8. The van der Waals surface area contributed by atoms with E-state index in [0.29, 0.717) is 12.2 Å². The Bertz CT molecular complexity index is 824. The Hall–Kier alpha value is -1.38. The van der Waals surface area contributed by atoms with Crippen LogP contribution in [0.25, 0.3) is 0 Å². The van der Waals surface area contributed by atoms with Gasteiger partial charge in [0.15, 0.2) is 0 Å². The summed E-state index contributed by atoms with van der Waals surface area (Å²) in [6, 6.07) is 0. The van der Waals surface area contributed by atoms with E-state index in [-0.39, 0.29) is 5.92 Å². The minimum absolute atomic E-state index is 0.117. The van der Waals surface area contributed by atoms with E-state index in [1.165, 1.54) is 0 Å². The number of aliphatic hydroxyl groups excluding tert-OH is 4. The highest BCUT2D eigenvalue weighted by molar-refractivity contribution is 5.58. The first-order valence-electron chi connectivity index (χ1n) is 12.4. The number of benzene rings is 1. The van der Waals surface area contributed by atoms with Gasteiger partial charge in [0.25, 0.3) is 0 Å². The maximum absolute atomic E-state index is 10.8. The van der Waals surface area contributed by atoms with E-state index in [9.17, 15) is 25.5 Å². The number of ether oxygens (including phenoxy) is 2. The van der Waals surface area contributed by atoms with Gasteiger partial charge in [-0.25, -0.2) is 0 Å². The van der Waals surface area contributed by atoms with Crippen molar-refractivity contribution < 1.29 is 35.0 Å². The molecule has 1 saturated heterocycles. The lowest BCUT2D eigenvalue weighted by atomic mass is 9.76. The van der Waals surface area contributed by atoms with Crippen molar-refractivity contribution in [3.05, 3.63) is 22.3 Å². The first-order valence-corrected chi connectivity index (χ1v) is 12.4. The molecule has 2 aliphatic heterocycles. The van der Waals surface area contributed by atoms with Gasteiger partial charge in [-0.15, -0.1) is 0 Å². The van der Waals surface area contributed by atoms with Gasteiger partial charge in [-0.05, 0) is 76.0 Å². The van der Waals surface area contributed by atoms with E-state index >= 15 is 0 Å². The number of fused-ring (bicyclic) bond motifs is 1. The summed E-state index contributed by atoms with van der Waals surface area (Å²) >= 11 is 0. The molecule has 0 radical (unpaired) electrons. The highest BCUT2D eigenvalue weighted by Crippen LogP contribution is 2.46. The number of hydrogen-bond acceptors (Lipinski definition) is 7. The van der Waals surface area contributed by atoms with Crippen molar-refractivity contribution in [1.82, 2.24) is 0 Å². The molecule has 7 nitrogen and oxygen atoms in total. The van der Waals surface area contributed by atoms with Crippen LogP contribution >= 0.6 is 0 Å². The lowest BCUT2D eigenvalue weighted by Crippen LogP contribution is -2.61. The molecule has 188 valence electrons. The van der Waals surface area contributed by atoms with Crippen molar-refractivity contribution in [1.29, 1.82) is 0 Å². The molecule has 0 bridgehead atoms. The van der Waals surface area contributed by atoms with Crippen LogP contribution in [0.4, 0.5) is 0 Å². The molecule has 0 saturated carbocycles. The molecule has 3 rings (SSSR count). The van der Waals surface area contributed by atoms with Gasteiger partial charge >= 0.3 is 0 Å². The molecule has 2 aliphatic rings. The second-order valence-electron chi connectivity index (χ2n) is 10.3. The SMILES string of the molecule is CCCCCC(CC1(C)CCc2c(C)c(O)c(C)c(C)c2O1)[C@@H]1O[C@H](CO)[C@@H](O)[C@H](O)[C@H]1O. The van der Waals surface area contributed by atoms with Gasteiger partial charge in [0, 0.05) is 5.56 Å². The van der Waals surface area contributed by atoms with Crippen LogP contribution in [-0.2, 0) is 11.2 Å². The van der Waals surface area contributed by atoms with Crippen molar-refractivity contribution in [3.63, 3.8) is 0 Å². The third-order valence-electron chi connectivity index (χ3n) is 7.86. The molecule has 2 unspecified atom stereocenters. The van der Waals surface area contributed by atoms with Gasteiger partial charge in [-0.1, -0.05) is 26.2 Å². The second kappa shape index (κ2) is 10.5. The van der Waals surface area contributed by atoms with E-state index in [1.807, 2.05) is 20.8 Å². The summed E-state index contributed by atoms with van der Waals surface area (Å²) in [5.74, 6) is 1.05. The van der Waals surface area contributed by atoms with E-state index in [1.54, 1.807) is 0 Å². The Balaban J connectivity index is 1.87. The topological polar surface area (TPSA) is 120 Å². The minimum atomic E-state index is -1.37. The third kappa shape index (κ3) is 5.17. The summed E-state index contributed by atoms with van der Waals surface area (Å²) in [6.45, 7) is 9.57. The van der Waals surface area contributed by atoms with Crippen LogP contribution in [0.5, 0.6) is 11.5 Å². The van der Waals surface area contributed by atoms with Crippen LogP contribution in [0.1, 0.15) is 74.6 Å². The fourth-order valence-corrected chi connectivity index (χ4v) is 5.55. The summed E-state index contributed by atoms with van der Waals surface area (Å²) in [4.78, 5) is 0. The van der Waals surface area contributed by atoms with Gasteiger partial charge in [-0.2, -0.15) is 0 Å². The van der Waals surface area contributed by atoms with Gasteiger partial charge in [0.1, 0.15) is 41.5 Å². The first kappa shape index (κ1) is 26.2. The standard InChI is InChI=1S/C26H42O7/c1-6-7-8-9-17(25-23(31)22(30)21(29)19(13-27)32-25)12-26(5)11-10-18-16(4)20(28)14(2)15(3)24(18)33-26/h17,19,21-23,25,27-31H,6-13H2,1-5H3/t17?,19-,21-,22+,23-,25+,26?/m1/s1. The molecule has 5 N–H and O–H groups in total. The summed E-state index contributed by atoms with van der Waals surface area (Å²) in [7, 11) is 0. The van der Waals surface area contributed by atoms with Crippen LogP contribution < -0.4 is 4.74 Å². The zero-order chi connectivity index (χ0) is 24.5. The fourth-order valence-electron chi connectivity index (χ4n) is 5.55. The number of aliphatic hydroxyl groups is 4. The molecule has 33 heavy (non-hydrogen) atoms.